The minimum absolute atomic E-state index is 0.247. The van der Waals surface area contributed by atoms with Crippen molar-refractivity contribution in [2.45, 2.75) is 26.3 Å². The molecule has 0 spiro atoms. The number of nitrogens with zero attached hydrogens (tertiary/aromatic N) is 1. The lowest BCUT2D eigenvalue weighted by atomic mass is 10.1. The Kier molecular flexibility index (Phi) is 5.32. The van der Waals surface area contributed by atoms with Gasteiger partial charge < -0.3 is 20.6 Å². The third kappa shape index (κ3) is 4.75. The Bertz CT molecular complexity index is 539. The molecule has 0 saturated heterocycles. The van der Waals surface area contributed by atoms with Crippen LogP contribution >= 0.6 is 0 Å². The normalized spacial score (nSPS) is 11.0. The van der Waals surface area contributed by atoms with E-state index in [-0.39, 0.29) is 6.61 Å². The number of hydrogen-bond donors (Lipinski definition) is 3. The number of hydrogen-bond acceptors (Lipinski definition) is 4. The first-order valence-electron chi connectivity index (χ1n) is 6.68. The first-order valence-corrected chi connectivity index (χ1v) is 6.68. The van der Waals surface area contributed by atoms with E-state index in [4.69, 9.17) is 5.11 Å². The molecule has 0 unspecified atom stereocenters. The van der Waals surface area contributed by atoms with E-state index in [2.05, 4.69) is 10.6 Å². The predicted molar refractivity (Wildman–Crippen MR) is 83.4 cm³/mol. The molecule has 1 aromatic rings. The standard InChI is InChI=1S/C15H23N3O3/c1-10-8-11(6-7-12(10)18(4)5)16-13(20)14(21)17-15(2,3)9-19/h6-8,19H,9H2,1-5H3,(H,16,20)(H,17,21). The zero-order chi connectivity index (χ0) is 16.2. The molecular weight excluding hydrogens is 270 g/mol. The van der Waals surface area contributed by atoms with Gasteiger partial charge in [0.25, 0.3) is 0 Å². The fourth-order valence-corrected chi connectivity index (χ4v) is 1.83. The maximum Gasteiger partial charge on any atom is 0.313 e. The van der Waals surface area contributed by atoms with Gasteiger partial charge in [-0.1, -0.05) is 0 Å². The van der Waals surface area contributed by atoms with Crippen molar-refractivity contribution in [3.8, 4) is 0 Å². The Morgan fingerprint density at radius 3 is 2.33 bits per heavy atom. The van der Waals surface area contributed by atoms with Crippen molar-refractivity contribution in [3.63, 3.8) is 0 Å². The molecule has 0 fully saturated rings. The van der Waals surface area contributed by atoms with Crippen LogP contribution in [0.3, 0.4) is 0 Å². The van der Waals surface area contributed by atoms with Crippen molar-refractivity contribution in [2.24, 2.45) is 0 Å². The van der Waals surface area contributed by atoms with Gasteiger partial charge in [0.05, 0.1) is 12.1 Å². The summed E-state index contributed by atoms with van der Waals surface area (Å²) in [4.78, 5) is 25.5. The summed E-state index contributed by atoms with van der Waals surface area (Å²) < 4.78 is 0. The van der Waals surface area contributed by atoms with E-state index in [1.165, 1.54) is 0 Å². The maximum atomic E-state index is 11.8. The molecule has 6 nitrogen and oxygen atoms in total. The van der Waals surface area contributed by atoms with Crippen molar-refractivity contribution < 1.29 is 14.7 Å². The van der Waals surface area contributed by atoms with Crippen molar-refractivity contribution in [1.29, 1.82) is 0 Å². The fraction of sp³-hybridized carbons (Fsp3) is 0.467. The molecule has 0 aliphatic carbocycles. The van der Waals surface area contributed by atoms with Crippen LogP contribution in [0.4, 0.5) is 11.4 Å². The van der Waals surface area contributed by atoms with Gasteiger partial charge in [-0.15, -0.1) is 0 Å². The second-order valence-corrected chi connectivity index (χ2v) is 5.85. The highest BCUT2D eigenvalue weighted by Gasteiger charge is 2.23. The molecule has 116 valence electrons. The smallest absolute Gasteiger partial charge is 0.313 e. The number of anilines is 2. The predicted octanol–water partition coefficient (Wildman–Crippen LogP) is 0.887. The molecule has 0 atom stereocenters. The minimum atomic E-state index is -0.834. The zero-order valence-electron chi connectivity index (χ0n) is 13.2. The van der Waals surface area contributed by atoms with Gasteiger partial charge in [-0.25, -0.2) is 0 Å². The fourth-order valence-electron chi connectivity index (χ4n) is 1.83. The second-order valence-electron chi connectivity index (χ2n) is 5.85. The molecule has 0 saturated carbocycles. The Morgan fingerprint density at radius 2 is 1.86 bits per heavy atom. The summed E-state index contributed by atoms with van der Waals surface area (Å²) in [6.07, 6.45) is 0. The molecular formula is C15H23N3O3. The number of carbonyl (C=O) groups is 2. The molecule has 1 aromatic carbocycles. The van der Waals surface area contributed by atoms with Crippen molar-refractivity contribution in [2.75, 3.05) is 30.9 Å². The van der Waals surface area contributed by atoms with E-state index < -0.39 is 17.4 Å². The van der Waals surface area contributed by atoms with Crippen molar-refractivity contribution in [3.05, 3.63) is 23.8 Å². The number of carbonyl (C=O) groups excluding carboxylic acids is 2. The number of aliphatic hydroxyl groups is 1. The molecule has 0 aliphatic heterocycles. The summed E-state index contributed by atoms with van der Waals surface area (Å²) in [5.74, 6) is -1.53. The van der Waals surface area contributed by atoms with E-state index in [9.17, 15) is 9.59 Å². The van der Waals surface area contributed by atoms with Crippen LogP contribution in [-0.4, -0.2) is 43.2 Å². The number of aryl methyl sites for hydroxylation is 1. The van der Waals surface area contributed by atoms with E-state index in [0.29, 0.717) is 5.69 Å². The highest BCUT2D eigenvalue weighted by Crippen LogP contribution is 2.21. The first-order chi connectivity index (χ1) is 9.66. The van der Waals surface area contributed by atoms with Gasteiger partial charge in [0.2, 0.25) is 0 Å². The Balaban J connectivity index is 2.75. The van der Waals surface area contributed by atoms with Crippen LogP contribution in [0.15, 0.2) is 18.2 Å². The third-order valence-corrected chi connectivity index (χ3v) is 2.99. The molecule has 0 bridgehead atoms. The summed E-state index contributed by atoms with van der Waals surface area (Å²) in [6, 6.07) is 5.42. The summed E-state index contributed by atoms with van der Waals surface area (Å²) in [5.41, 5.74) is 1.76. The molecule has 1 rings (SSSR count). The summed E-state index contributed by atoms with van der Waals surface area (Å²) >= 11 is 0. The Morgan fingerprint density at radius 1 is 1.24 bits per heavy atom. The quantitative estimate of drug-likeness (QED) is 0.720. The van der Waals surface area contributed by atoms with E-state index in [1.807, 2.05) is 32.0 Å². The maximum absolute atomic E-state index is 11.8. The highest BCUT2D eigenvalue weighted by atomic mass is 16.3. The number of aliphatic hydroxyl groups excluding tert-OH is 1. The van der Waals surface area contributed by atoms with Crippen LogP contribution in [0.25, 0.3) is 0 Å². The molecule has 0 radical (unpaired) electrons. The monoisotopic (exact) mass is 293 g/mol. The molecule has 3 N–H and O–H groups in total. The van der Waals surface area contributed by atoms with Gasteiger partial charge in [-0.2, -0.15) is 0 Å². The molecule has 0 aliphatic rings. The van der Waals surface area contributed by atoms with Gasteiger partial charge in [0, 0.05) is 25.5 Å². The molecule has 2 amide bonds. The Hall–Kier alpha value is -2.08. The number of nitrogens with one attached hydrogen (secondary N) is 2. The molecule has 6 heteroatoms. The van der Waals surface area contributed by atoms with Crippen LogP contribution in [0.2, 0.25) is 0 Å². The highest BCUT2D eigenvalue weighted by molar-refractivity contribution is 6.39. The lowest BCUT2D eigenvalue weighted by Gasteiger charge is -2.23. The summed E-state index contributed by atoms with van der Waals surface area (Å²) in [5, 5.41) is 14.1. The minimum Gasteiger partial charge on any atom is -0.394 e. The zero-order valence-corrected chi connectivity index (χ0v) is 13.2. The summed E-state index contributed by atoms with van der Waals surface area (Å²) in [6.45, 7) is 4.95. The number of amides is 2. The van der Waals surface area contributed by atoms with Crippen molar-refractivity contribution in [1.82, 2.24) is 5.32 Å². The summed E-state index contributed by atoms with van der Waals surface area (Å²) in [7, 11) is 3.87. The largest absolute Gasteiger partial charge is 0.394 e. The van der Waals surface area contributed by atoms with Crippen LogP contribution < -0.4 is 15.5 Å². The van der Waals surface area contributed by atoms with Gasteiger partial charge in [0.1, 0.15) is 0 Å². The van der Waals surface area contributed by atoms with Gasteiger partial charge in [-0.05, 0) is 44.5 Å². The SMILES string of the molecule is Cc1cc(NC(=O)C(=O)NC(C)(C)CO)ccc1N(C)C. The average molecular weight is 293 g/mol. The first kappa shape index (κ1) is 17.0. The topological polar surface area (TPSA) is 81.7 Å². The number of rotatable bonds is 4. The van der Waals surface area contributed by atoms with E-state index >= 15 is 0 Å². The lowest BCUT2D eigenvalue weighted by molar-refractivity contribution is -0.137. The van der Waals surface area contributed by atoms with Gasteiger partial charge in [0.15, 0.2) is 0 Å². The third-order valence-electron chi connectivity index (χ3n) is 2.99. The number of benzene rings is 1. The molecule has 0 aromatic heterocycles. The Labute approximate surface area is 125 Å². The van der Waals surface area contributed by atoms with E-state index in [0.717, 1.165) is 11.3 Å². The second kappa shape index (κ2) is 6.58. The molecule has 0 heterocycles. The van der Waals surface area contributed by atoms with E-state index in [1.54, 1.807) is 26.0 Å². The van der Waals surface area contributed by atoms with Crippen LogP contribution in [0.1, 0.15) is 19.4 Å². The average Bonchev–Trinajstić information content (AvgIpc) is 2.37. The van der Waals surface area contributed by atoms with Gasteiger partial charge in [-0.3, -0.25) is 9.59 Å². The van der Waals surface area contributed by atoms with Gasteiger partial charge >= 0.3 is 11.8 Å². The lowest BCUT2D eigenvalue weighted by Crippen LogP contribution is -2.50. The van der Waals surface area contributed by atoms with Crippen LogP contribution in [-0.2, 0) is 9.59 Å². The van der Waals surface area contributed by atoms with Crippen LogP contribution in [0, 0.1) is 6.92 Å². The van der Waals surface area contributed by atoms with Crippen LogP contribution in [0.5, 0.6) is 0 Å². The van der Waals surface area contributed by atoms with Crippen molar-refractivity contribution >= 4 is 23.2 Å². The molecule has 21 heavy (non-hydrogen) atoms.